The minimum atomic E-state index is -1.71. The van der Waals surface area contributed by atoms with E-state index < -0.39 is 60.0 Å². The van der Waals surface area contributed by atoms with Gasteiger partial charge >= 0.3 is 0 Å². The number of aliphatic hydroxyl groups excluding tert-OH is 4. The van der Waals surface area contributed by atoms with E-state index >= 15 is 0 Å². The predicted octanol–water partition coefficient (Wildman–Crippen LogP) is -0.925. The molecular weight excluding hydrogens is 428 g/mol. The molecule has 0 saturated carbocycles. The smallest absolute Gasteiger partial charge is 0.229 e. The van der Waals surface area contributed by atoms with Crippen molar-refractivity contribution in [1.29, 1.82) is 0 Å². The summed E-state index contributed by atoms with van der Waals surface area (Å²) in [4.78, 5) is 12.2. The first-order chi connectivity index (χ1) is 15.2. The molecule has 0 unspecified atom stereocenters. The van der Waals surface area contributed by atoms with E-state index in [1.54, 1.807) is 0 Å². The van der Waals surface area contributed by atoms with Crippen molar-refractivity contribution in [2.45, 2.75) is 30.7 Å². The number of aliphatic hydroxyl groups is 4. The molecule has 6 N–H and O–H groups in total. The van der Waals surface area contributed by atoms with Gasteiger partial charge in [-0.2, -0.15) is 0 Å². The first-order valence-corrected chi connectivity index (χ1v) is 9.48. The zero-order valence-electron chi connectivity index (χ0n) is 16.3. The molecule has 11 nitrogen and oxygen atoms in total. The molecule has 1 saturated heterocycles. The Balaban J connectivity index is 1.74. The van der Waals surface area contributed by atoms with Crippen molar-refractivity contribution in [3.63, 3.8) is 0 Å². The number of ether oxygens (including phenoxy) is 2. The Morgan fingerprint density at radius 3 is 2.41 bits per heavy atom. The van der Waals surface area contributed by atoms with Gasteiger partial charge in [0.25, 0.3) is 0 Å². The summed E-state index contributed by atoms with van der Waals surface area (Å²) in [5.41, 5.74) is -0.281. The second kappa shape index (κ2) is 8.30. The number of benzene rings is 2. The number of phenolic OH excluding ortho intramolecular Hbond substituents is 1. The van der Waals surface area contributed by atoms with Crippen molar-refractivity contribution in [1.82, 2.24) is 0 Å². The Morgan fingerprint density at radius 1 is 0.969 bits per heavy atom. The Morgan fingerprint density at radius 2 is 1.72 bits per heavy atom. The zero-order valence-corrected chi connectivity index (χ0v) is 16.3. The van der Waals surface area contributed by atoms with E-state index in [1.807, 2.05) is 0 Å². The number of fused-ring (bicyclic) bond motifs is 1. The molecule has 1 aromatic rings. The van der Waals surface area contributed by atoms with Crippen molar-refractivity contribution >= 4 is 0 Å². The van der Waals surface area contributed by atoms with Crippen LogP contribution in [0.5, 0.6) is 23.0 Å². The maximum absolute atomic E-state index is 12.2. The van der Waals surface area contributed by atoms with Gasteiger partial charge in [0.15, 0.2) is 16.9 Å². The summed E-state index contributed by atoms with van der Waals surface area (Å²) < 4.78 is 16.4. The van der Waals surface area contributed by atoms with Crippen LogP contribution in [0.15, 0.2) is 45.6 Å². The van der Waals surface area contributed by atoms with Gasteiger partial charge in [0.2, 0.25) is 6.29 Å². The molecule has 1 aromatic carbocycles. The lowest BCUT2D eigenvalue weighted by Crippen LogP contribution is -2.60. The highest BCUT2D eigenvalue weighted by atomic mass is 16.7. The largest absolute Gasteiger partial charge is 0.870 e. The third-order valence-electron chi connectivity index (χ3n) is 5.12. The number of phenols is 1. The van der Waals surface area contributed by atoms with Crippen LogP contribution in [0.4, 0.5) is 0 Å². The minimum Gasteiger partial charge on any atom is -0.870 e. The van der Waals surface area contributed by atoms with Crippen molar-refractivity contribution in [3.05, 3.63) is 46.6 Å². The van der Waals surface area contributed by atoms with Crippen molar-refractivity contribution in [3.8, 4) is 45.6 Å². The Labute approximate surface area is 179 Å². The molecule has 1 aliphatic carbocycles. The fourth-order valence-electron chi connectivity index (χ4n) is 3.42. The van der Waals surface area contributed by atoms with Crippen LogP contribution in [0.25, 0.3) is 22.6 Å². The van der Waals surface area contributed by atoms with Gasteiger partial charge in [0, 0.05) is 17.7 Å². The van der Waals surface area contributed by atoms with Crippen LogP contribution in [-0.2, 0) is 4.74 Å². The summed E-state index contributed by atoms with van der Waals surface area (Å²) in [6, 6.07) is 6.85. The van der Waals surface area contributed by atoms with Gasteiger partial charge in [-0.05, 0) is 12.1 Å². The van der Waals surface area contributed by atoms with Crippen LogP contribution in [0.1, 0.15) is 0 Å². The van der Waals surface area contributed by atoms with E-state index in [2.05, 4.69) is 0 Å². The van der Waals surface area contributed by atoms with Gasteiger partial charge in [0.05, 0.1) is 12.2 Å². The van der Waals surface area contributed by atoms with Crippen molar-refractivity contribution in [2.24, 2.45) is 0 Å². The summed E-state index contributed by atoms with van der Waals surface area (Å²) in [6.45, 7) is -0.665. The molecular formula is C21H19O11-. The fraction of sp³-hybridized carbons (Fsp3) is 0.286. The average molecular weight is 447 g/mol. The highest BCUT2D eigenvalue weighted by Crippen LogP contribution is 2.42. The second-order valence-corrected chi connectivity index (χ2v) is 7.29. The van der Waals surface area contributed by atoms with Gasteiger partial charge in [-0.25, -0.2) is 0 Å². The minimum absolute atomic E-state index is 0.0319. The molecule has 32 heavy (non-hydrogen) atoms. The molecule has 5 atom stereocenters. The normalized spacial score (nSPS) is 25.7. The van der Waals surface area contributed by atoms with Gasteiger partial charge in [0.1, 0.15) is 41.7 Å². The van der Waals surface area contributed by atoms with Gasteiger partial charge in [-0.15, -0.1) is 0 Å². The summed E-state index contributed by atoms with van der Waals surface area (Å²) in [5.74, 6) is -1.91. The maximum Gasteiger partial charge on any atom is 0.229 e. The first kappa shape index (κ1) is 21.9. The molecule has 0 bridgehead atoms. The monoisotopic (exact) mass is 447 g/mol. The van der Waals surface area contributed by atoms with Crippen molar-refractivity contribution < 1.29 is 49.6 Å². The third-order valence-corrected chi connectivity index (χ3v) is 5.12. The van der Waals surface area contributed by atoms with E-state index in [1.165, 1.54) is 12.1 Å². The third kappa shape index (κ3) is 3.83. The van der Waals surface area contributed by atoms with Crippen LogP contribution < -0.4 is 15.3 Å². The molecule has 170 valence electrons. The molecule has 3 aliphatic rings. The summed E-state index contributed by atoms with van der Waals surface area (Å²) >= 11 is 0. The molecule has 0 spiro atoms. The van der Waals surface area contributed by atoms with E-state index in [0.29, 0.717) is 0 Å². The number of hydrogen-bond donors (Lipinski definition) is 6. The number of rotatable bonds is 4. The van der Waals surface area contributed by atoms with Crippen LogP contribution in [0, 0.1) is 0 Å². The quantitative estimate of drug-likeness (QED) is 0.289. The average Bonchev–Trinajstić information content (AvgIpc) is 2.76. The van der Waals surface area contributed by atoms with Crippen LogP contribution >= 0.6 is 0 Å². The lowest BCUT2D eigenvalue weighted by Gasteiger charge is -2.39. The predicted molar refractivity (Wildman–Crippen MR) is 104 cm³/mol. The van der Waals surface area contributed by atoms with Crippen LogP contribution in [0.2, 0.25) is 0 Å². The summed E-state index contributed by atoms with van der Waals surface area (Å²) in [7, 11) is 0. The van der Waals surface area contributed by atoms with Crippen LogP contribution in [0.3, 0.4) is 0 Å². The lowest BCUT2D eigenvalue weighted by molar-refractivity contribution is -0.277. The maximum atomic E-state index is 12.2. The lowest BCUT2D eigenvalue weighted by atomic mass is 9.99. The first-order valence-electron chi connectivity index (χ1n) is 9.48. The van der Waals surface area contributed by atoms with Gasteiger partial charge in [-0.3, -0.25) is 4.79 Å². The molecule has 1 fully saturated rings. The van der Waals surface area contributed by atoms with E-state index in [4.69, 9.17) is 13.9 Å². The molecule has 2 aliphatic heterocycles. The van der Waals surface area contributed by atoms with Gasteiger partial charge < -0.3 is 49.6 Å². The zero-order chi connectivity index (χ0) is 23.2. The molecule has 2 heterocycles. The fourth-order valence-corrected chi connectivity index (χ4v) is 3.42. The Hall–Kier alpha value is -3.35. The standard InChI is InChI=1S/C21H20O11/c22-7-16-17(27)18(28)19(29)21(32-16)31-15-5-9(23)4-14-10(15)6-13(26)20(30-14)8-1-2-11(24)12(25)3-8/h1-6,16-19,21-22,24-29H,7H2/p-1/t16-,17-,18+,19-,21-/m1/s1. The number of hydrogen-bond acceptors (Lipinski definition) is 11. The van der Waals surface area contributed by atoms with E-state index in [-0.39, 0.29) is 28.4 Å². The Bertz CT molecular complexity index is 1150. The molecule has 0 radical (unpaired) electrons. The van der Waals surface area contributed by atoms with Crippen LogP contribution in [-0.4, -0.2) is 68.0 Å². The molecule has 0 amide bonds. The van der Waals surface area contributed by atoms with Crippen molar-refractivity contribution in [2.75, 3.05) is 6.61 Å². The number of aromatic hydroxyl groups is 2. The van der Waals surface area contributed by atoms with E-state index in [0.717, 1.165) is 24.3 Å². The van der Waals surface area contributed by atoms with E-state index in [9.17, 15) is 40.5 Å². The topological polar surface area (TPSA) is 193 Å². The molecule has 4 rings (SSSR count). The second-order valence-electron chi connectivity index (χ2n) is 7.29. The molecule has 11 heteroatoms. The summed E-state index contributed by atoms with van der Waals surface area (Å²) in [5, 5.41) is 70.8. The highest BCUT2D eigenvalue weighted by molar-refractivity contribution is 5.75. The SMILES string of the molecule is O=c1cc2oc(-c3ccc([O-])c(O)c3)c(O)cc-2c(O[C@@H]2O[C@H](CO)[C@@H](O)[C@H](O)[C@H]2O)c1. The Kier molecular flexibility index (Phi) is 5.67. The summed E-state index contributed by atoms with van der Waals surface area (Å²) in [6.07, 6.45) is -7.76. The highest BCUT2D eigenvalue weighted by Gasteiger charge is 2.45. The van der Waals surface area contributed by atoms with Gasteiger partial charge in [-0.1, -0.05) is 17.9 Å². The molecule has 0 aromatic heterocycles.